The number of carbonyl (C=O) groups is 3. The fourth-order valence-electron chi connectivity index (χ4n) is 4.04. The van der Waals surface area contributed by atoms with Crippen molar-refractivity contribution in [3.8, 4) is 0 Å². The molecule has 0 aromatic carbocycles. The second kappa shape index (κ2) is 31.7. The Bertz CT molecular complexity index is 1060. The molecule has 54 heavy (non-hydrogen) atoms. The van der Waals surface area contributed by atoms with Crippen LogP contribution in [0.2, 0.25) is 0 Å². The maximum Gasteiger partial charge on any atom is 0.307 e. The van der Waals surface area contributed by atoms with E-state index < -0.39 is 40.7 Å². The molecule has 0 saturated carbocycles. The molecule has 0 radical (unpaired) electrons. The molecule has 3 N–H and O–H groups in total. The van der Waals surface area contributed by atoms with Crippen LogP contribution in [0.25, 0.3) is 0 Å². The Kier molecular flexibility index (Phi) is 29.7. The van der Waals surface area contributed by atoms with Crippen molar-refractivity contribution in [2.75, 3.05) is 140 Å². The van der Waals surface area contributed by atoms with Crippen molar-refractivity contribution < 1.29 is 70.6 Å². The third kappa shape index (κ3) is 23.0. The van der Waals surface area contributed by atoms with Gasteiger partial charge >= 0.3 is 17.9 Å². The quantitative estimate of drug-likeness (QED) is 0.0354. The molecule has 1 aliphatic heterocycles. The zero-order chi connectivity index (χ0) is 39.8. The summed E-state index contributed by atoms with van der Waals surface area (Å²) in [6.45, 7) is 8.54. The molecular weight excluding hydrogens is 777 g/mol. The number of ether oxygens (including phenoxy) is 9. The maximum atomic E-state index is 12.4. The van der Waals surface area contributed by atoms with E-state index in [0.717, 1.165) is 0 Å². The summed E-state index contributed by atoms with van der Waals surface area (Å²) in [4.78, 5) is 37.3. The van der Waals surface area contributed by atoms with Crippen LogP contribution in [0, 0.1) is 0 Å². The van der Waals surface area contributed by atoms with Gasteiger partial charge in [-0.3, -0.25) is 14.4 Å². The van der Waals surface area contributed by atoms with Gasteiger partial charge in [0, 0.05) is 41.0 Å². The Morgan fingerprint density at radius 1 is 0.426 bits per heavy atom. The first-order valence-corrected chi connectivity index (χ1v) is 22.8. The van der Waals surface area contributed by atoms with Crippen LogP contribution in [-0.2, 0) is 70.6 Å². The number of hydrogen-bond donors (Lipinski definition) is 3. The van der Waals surface area contributed by atoms with Crippen LogP contribution in [0.3, 0.4) is 0 Å². The molecular formula is C30H63N6O15P3. The minimum Gasteiger partial charge on any atom is -0.466 e. The first kappa shape index (κ1) is 50.6. The lowest BCUT2D eigenvalue weighted by atomic mass is 10.4. The van der Waals surface area contributed by atoms with E-state index in [9.17, 15) is 14.4 Å². The van der Waals surface area contributed by atoms with Gasteiger partial charge in [-0.1, -0.05) is 0 Å². The van der Waals surface area contributed by atoms with E-state index in [4.69, 9.17) is 69.7 Å². The van der Waals surface area contributed by atoms with Crippen LogP contribution in [0.15, 0.2) is 13.5 Å². The summed E-state index contributed by atoms with van der Waals surface area (Å²) in [6.07, 6.45) is -0.0913. The molecule has 0 aliphatic carbocycles. The van der Waals surface area contributed by atoms with E-state index in [1.807, 2.05) is 0 Å². The van der Waals surface area contributed by atoms with Gasteiger partial charge in [0.15, 0.2) is 0 Å². The van der Waals surface area contributed by atoms with Crippen LogP contribution < -0.4 is 15.3 Å². The zero-order valence-corrected chi connectivity index (χ0v) is 35.3. The Balaban J connectivity index is 3.87. The molecule has 0 aromatic heterocycles. The molecule has 0 amide bonds. The molecule has 1 heterocycles. The molecule has 21 nitrogen and oxygen atoms in total. The lowest BCUT2D eigenvalue weighted by Crippen LogP contribution is -2.25. The van der Waals surface area contributed by atoms with Crippen LogP contribution in [-0.4, -0.2) is 158 Å². The number of nitrogens with one attached hydrogen (secondary N) is 3. The summed E-state index contributed by atoms with van der Waals surface area (Å²) in [5, 5.41) is 9.79. The third-order valence-corrected chi connectivity index (χ3v) is 15.7. The molecule has 1 rings (SSSR count). The van der Waals surface area contributed by atoms with Crippen LogP contribution in [0.5, 0.6) is 0 Å². The summed E-state index contributed by atoms with van der Waals surface area (Å²) >= 11 is 0. The minimum atomic E-state index is -3.59. The number of nitrogens with zero attached hydrogens (tertiary/aromatic N) is 3. The van der Waals surface area contributed by atoms with E-state index in [1.165, 1.54) is 0 Å². The van der Waals surface area contributed by atoms with Crippen LogP contribution in [0.4, 0.5) is 0 Å². The van der Waals surface area contributed by atoms with E-state index in [2.05, 4.69) is 15.3 Å². The lowest BCUT2D eigenvalue weighted by Gasteiger charge is -2.35. The van der Waals surface area contributed by atoms with Gasteiger partial charge in [0.2, 0.25) is 0 Å². The summed E-state index contributed by atoms with van der Waals surface area (Å²) in [7, 11) is -6.07. The van der Waals surface area contributed by atoms with Crippen molar-refractivity contribution in [2.45, 2.75) is 40.0 Å². The van der Waals surface area contributed by atoms with Crippen molar-refractivity contribution in [3.63, 3.8) is 0 Å². The monoisotopic (exact) mass is 840 g/mol. The minimum absolute atomic E-state index is 0.0167. The van der Waals surface area contributed by atoms with Gasteiger partial charge < -0.3 is 56.2 Å². The number of esters is 3. The van der Waals surface area contributed by atoms with E-state index in [0.29, 0.717) is 39.6 Å². The smallest absolute Gasteiger partial charge is 0.307 e. The van der Waals surface area contributed by atoms with E-state index >= 15 is 0 Å². The van der Waals surface area contributed by atoms with Crippen LogP contribution in [0.1, 0.15) is 40.0 Å². The van der Waals surface area contributed by atoms with Gasteiger partial charge in [0.1, 0.15) is 0 Å². The number of carbonyl (C=O) groups excluding carboxylic acids is 3. The Morgan fingerprint density at radius 2 is 0.685 bits per heavy atom. The molecule has 0 unspecified atom stereocenters. The molecule has 0 saturated heterocycles. The highest BCUT2D eigenvalue weighted by molar-refractivity contribution is 7.81. The number of rotatable bonds is 36. The fraction of sp³-hybridized carbons (Fsp3) is 0.900. The second-order valence-corrected chi connectivity index (χ2v) is 17.7. The van der Waals surface area contributed by atoms with Gasteiger partial charge in [-0.25, -0.2) is 15.3 Å². The SMILES string of the molecule is CCOC(=O)CCNP1(OCCOCCOC)=NP(NCCC(=O)OCC)(OCCOCCOC)=NP(NCCC(=O)OCC)(OCCOCCOC)=N1. The molecule has 1 aliphatic rings. The normalized spacial score (nSPS) is 20.8. The maximum absolute atomic E-state index is 12.4. The van der Waals surface area contributed by atoms with Gasteiger partial charge in [-0.05, 0) is 20.8 Å². The molecule has 24 heteroatoms. The van der Waals surface area contributed by atoms with Crippen molar-refractivity contribution >= 4 is 40.7 Å². The number of hydrogen-bond acceptors (Lipinski definition) is 21. The lowest BCUT2D eigenvalue weighted by molar-refractivity contribution is -0.143. The first-order chi connectivity index (χ1) is 26.2. The van der Waals surface area contributed by atoms with Gasteiger partial charge in [-0.2, -0.15) is 13.5 Å². The summed E-state index contributed by atoms with van der Waals surface area (Å²) in [6, 6.07) is 0. The van der Waals surface area contributed by atoms with Gasteiger partial charge in [0.05, 0.1) is 118 Å². The van der Waals surface area contributed by atoms with Crippen molar-refractivity contribution in [1.29, 1.82) is 0 Å². The summed E-state index contributed by atoms with van der Waals surface area (Å²) in [5.41, 5.74) is 0. The van der Waals surface area contributed by atoms with Gasteiger partial charge in [-0.15, -0.1) is 0 Å². The average molecular weight is 841 g/mol. The molecule has 318 valence electrons. The third-order valence-electron chi connectivity index (χ3n) is 6.38. The molecule has 0 bridgehead atoms. The Labute approximate surface area is 319 Å². The molecule has 0 aromatic rings. The van der Waals surface area contributed by atoms with Gasteiger partial charge in [0.25, 0.3) is 22.7 Å². The standard InChI is InChI=1S/C30H63N6O15P3/c1-7-46-28(37)10-13-31-52(49-25-22-43-19-16-40-4)34-53(32-14-11-29(38)47-8-2,50-26-23-44-20-17-41-5)36-54(35-52,33-15-12-30(39)48-9-3)51-27-24-45-21-18-42-6/h31-33H,7-27H2,1-6H3. The highest BCUT2D eigenvalue weighted by Gasteiger charge is 2.40. The predicted molar refractivity (Wildman–Crippen MR) is 202 cm³/mol. The average Bonchev–Trinajstić information content (AvgIpc) is 3.13. The highest BCUT2D eigenvalue weighted by Crippen LogP contribution is 2.75. The van der Waals surface area contributed by atoms with E-state index in [1.54, 1.807) is 42.1 Å². The zero-order valence-electron chi connectivity index (χ0n) is 32.7. The van der Waals surface area contributed by atoms with Crippen LogP contribution >= 0.6 is 22.7 Å². The van der Waals surface area contributed by atoms with Crippen molar-refractivity contribution in [3.05, 3.63) is 0 Å². The van der Waals surface area contributed by atoms with E-state index in [-0.39, 0.29) is 98.4 Å². The Hall–Kier alpha value is -1.38. The topological polar surface area (TPSA) is 235 Å². The van der Waals surface area contributed by atoms with Crippen molar-refractivity contribution in [1.82, 2.24) is 15.3 Å². The molecule has 0 spiro atoms. The predicted octanol–water partition coefficient (Wildman–Crippen LogP) is 3.51. The highest BCUT2D eigenvalue weighted by atomic mass is 31.3. The molecule has 0 fully saturated rings. The Morgan fingerprint density at radius 3 is 0.926 bits per heavy atom. The fourth-order valence-corrected chi connectivity index (χ4v) is 14.6. The summed E-state index contributed by atoms with van der Waals surface area (Å²) < 4.78 is 82.3. The molecule has 0 atom stereocenters. The summed E-state index contributed by atoms with van der Waals surface area (Å²) in [5.74, 6) is -1.32. The first-order valence-electron chi connectivity index (χ1n) is 17.9. The van der Waals surface area contributed by atoms with Crippen molar-refractivity contribution in [2.24, 2.45) is 13.5 Å². The second-order valence-electron chi connectivity index (χ2n) is 10.6. The number of methoxy groups -OCH3 is 3. The largest absolute Gasteiger partial charge is 0.466 e.